The van der Waals surface area contributed by atoms with Crippen molar-refractivity contribution in [2.75, 3.05) is 13.2 Å². The number of hydrogen-bond acceptors (Lipinski definition) is 2. The van der Waals surface area contributed by atoms with Crippen molar-refractivity contribution in [2.24, 2.45) is 0 Å². The molecule has 0 bridgehead atoms. The molecule has 1 unspecified atom stereocenters. The second-order valence-electron chi connectivity index (χ2n) is 4.86. The van der Waals surface area contributed by atoms with E-state index >= 15 is 0 Å². The van der Waals surface area contributed by atoms with Crippen LogP contribution in [0.3, 0.4) is 0 Å². The smallest absolute Gasteiger partial charge is 0.119 e. The summed E-state index contributed by atoms with van der Waals surface area (Å²) < 4.78 is 5.69. The van der Waals surface area contributed by atoms with Crippen LogP contribution in [0.4, 0.5) is 0 Å². The Balaban J connectivity index is 2.22. The van der Waals surface area contributed by atoms with E-state index < -0.39 is 0 Å². The van der Waals surface area contributed by atoms with E-state index in [4.69, 9.17) is 9.84 Å². The highest BCUT2D eigenvalue weighted by Crippen LogP contribution is 2.21. The summed E-state index contributed by atoms with van der Waals surface area (Å²) in [7, 11) is 0. The molecule has 0 radical (unpaired) electrons. The fraction of sp³-hybridized carbons (Fsp3) is 0.625. The molecule has 0 amide bonds. The van der Waals surface area contributed by atoms with Crippen molar-refractivity contribution in [1.29, 1.82) is 0 Å². The molecule has 1 aromatic rings. The molecular weight excluding hydrogens is 224 g/mol. The van der Waals surface area contributed by atoms with Crippen LogP contribution >= 0.6 is 0 Å². The van der Waals surface area contributed by atoms with Gasteiger partial charge >= 0.3 is 0 Å². The van der Waals surface area contributed by atoms with Gasteiger partial charge in [-0.3, -0.25) is 0 Å². The van der Waals surface area contributed by atoms with Crippen molar-refractivity contribution >= 4 is 0 Å². The Kier molecular flexibility index (Phi) is 7.51. The minimum atomic E-state index is 0.304. The molecule has 0 aliphatic carbocycles. The number of aliphatic hydroxyl groups is 1. The largest absolute Gasteiger partial charge is 0.494 e. The molecule has 0 fully saturated rings. The lowest BCUT2D eigenvalue weighted by atomic mass is 9.99. The van der Waals surface area contributed by atoms with Crippen LogP contribution in [0.5, 0.6) is 5.75 Å². The standard InChI is InChI=1S/C16H26O2/c1-3-14(2)15-8-10-16(11-9-15)18-13-7-5-4-6-12-17/h8-11,14,17H,3-7,12-13H2,1-2H3. The van der Waals surface area contributed by atoms with Crippen LogP contribution < -0.4 is 4.74 Å². The first-order valence-corrected chi connectivity index (χ1v) is 7.11. The summed E-state index contributed by atoms with van der Waals surface area (Å²) in [5, 5.41) is 8.66. The maximum atomic E-state index is 8.66. The third-order valence-corrected chi connectivity index (χ3v) is 3.38. The highest BCUT2D eigenvalue weighted by molar-refractivity contribution is 5.29. The Morgan fingerprint density at radius 1 is 1.06 bits per heavy atom. The molecule has 2 heteroatoms. The van der Waals surface area contributed by atoms with E-state index in [1.165, 1.54) is 12.0 Å². The predicted molar refractivity (Wildman–Crippen MR) is 76.2 cm³/mol. The van der Waals surface area contributed by atoms with Crippen LogP contribution in [0, 0.1) is 0 Å². The quantitative estimate of drug-likeness (QED) is 0.668. The average Bonchev–Trinajstić information content (AvgIpc) is 2.42. The van der Waals surface area contributed by atoms with Crippen LogP contribution in [-0.2, 0) is 0 Å². The third kappa shape index (κ3) is 5.54. The van der Waals surface area contributed by atoms with Gasteiger partial charge in [0.15, 0.2) is 0 Å². The predicted octanol–water partition coefficient (Wildman–Crippen LogP) is 4.13. The van der Waals surface area contributed by atoms with E-state index in [-0.39, 0.29) is 0 Å². The normalized spacial score (nSPS) is 12.4. The number of hydrogen-bond donors (Lipinski definition) is 1. The molecule has 0 aliphatic rings. The topological polar surface area (TPSA) is 29.5 Å². The molecular formula is C16H26O2. The number of rotatable bonds is 9. The maximum absolute atomic E-state index is 8.66. The molecule has 18 heavy (non-hydrogen) atoms. The summed E-state index contributed by atoms with van der Waals surface area (Å²) in [5.41, 5.74) is 1.38. The first-order valence-electron chi connectivity index (χ1n) is 7.11. The van der Waals surface area contributed by atoms with Crippen molar-refractivity contribution in [2.45, 2.75) is 51.9 Å². The molecule has 102 valence electrons. The van der Waals surface area contributed by atoms with Crippen LogP contribution in [-0.4, -0.2) is 18.3 Å². The summed E-state index contributed by atoms with van der Waals surface area (Å²) in [4.78, 5) is 0. The van der Waals surface area contributed by atoms with E-state index in [1.54, 1.807) is 0 Å². The number of benzene rings is 1. The first-order chi connectivity index (χ1) is 8.77. The van der Waals surface area contributed by atoms with Gasteiger partial charge in [-0.05, 0) is 49.3 Å². The van der Waals surface area contributed by atoms with Crippen LogP contribution in [0.2, 0.25) is 0 Å². The summed E-state index contributed by atoms with van der Waals surface area (Å²) >= 11 is 0. The Morgan fingerprint density at radius 3 is 2.33 bits per heavy atom. The molecule has 1 N–H and O–H groups in total. The van der Waals surface area contributed by atoms with Crippen molar-refractivity contribution in [3.63, 3.8) is 0 Å². The Hall–Kier alpha value is -1.02. The Morgan fingerprint density at radius 2 is 1.72 bits per heavy atom. The van der Waals surface area contributed by atoms with E-state index in [9.17, 15) is 0 Å². The molecule has 0 aromatic heterocycles. The van der Waals surface area contributed by atoms with Gasteiger partial charge in [0, 0.05) is 6.61 Å². The number of ether oxygens (including phenoxy) is 1. The van der Waals surface area contributed by atoms with Crippen molar-refractivity contribution in [3.05, 3.63) is 29.8 Å². The fourth-order valence-corrected chi connectivity index (χ4v) is 1.89. The highest BCUT2D eigenvalue weighted by Gasteiger charge is 2.02. The lowest BCUT2D eigenvalue weighted by molar-refractivity contribution is 0.273. The van der Waals surface area contributed by atoms with Gasteiger partial charge in [-0.25, -0.2) is 0 Å². The SMILES string of the molecule is CCC(C)c1ccc(OCCCCCCO)cc1. The zero-order valence-corrected chi connectivity index (χ0v) is 11.7. The van der Waals surface area contributed by atoms with Gasteiger partial charge in [0.25, 0.3) is 0 Å². The monoisotopic (exact) mass is 250 g/mol. The first kappa shape index (κ1) is 15.0. The van der Waals surface area contributed by atoms with Gasteiger partial charge in [0.05, 0.1) is 6.61 Å². The van der Waals surface area contributed by atoms with Crippen molar-refractivity contribution < 1.29 is 9.84 Å². The molecule has 1 rings (SSSR count). The Bertz CT molecular complexity index is 305. The summed E-state index contributed by atoms with van der Waals surface area (Å²) in [6.45, 7) is 5.53. The molecule has 0 heterocycles. The van der Waals surface area contributed by atoms with Gasteiger partial charge in [-0.15, -0.1) is 0 Å². The van der Waals surface area contributed by atoms with Crippen molar-refractivity contribution in [1.82, 2.24) is 0 Å². The van der Waals surface area contributed by atoms with Gasteiger partial charge in [0.2, 0.25) is 0 Å². The van der Waals surface area contributed by atoms with Crippen molar-refractivity contribution in [3.8, 4) is 5.75 Å². The average molecular weight is 250 g/mol. The second kappa shape index (κ2) is 8.98. The summed E-state index contributed by atoms with van der Waals surface area (Å²) in [6, 6.07) is 8.45. The fourth-order valence-electron chi connectivity index (χ4n) is 1.89. The minimum absolute atomic E-state index is 0.304. The maximum Gasteiger partial charge on any atom is 0.119 e. The molecule has 0 aliphatic heterocycles. The van der Waals surface area contributed by atoms with Crippen LogP contribution in [0.15, 0.2) is 24.3 Å². The lowest BCUT2D eigenvalue weighted by Gasteiger charge is -2.10. The second-order valence-corrected chi connectivity index (χ2v) is 4.86. The Labute approximate surface area is 111 Å². The molecule has 0 saturated carbocycles. The van der Waals surface area contributed by atoms with E-state index in [0.29, 0.717) is 12.5 Å². The molecule has 1 aromatic carbocycles. The molecule has 0 spiro atoms. The minimum Gasteiger partial charge on any atom is -0.494 e. The number of aliphatic hydroxyl groups excluding tert-OH is 1. The zero-order chi connectivity index (χ0) is 13.2. The van der Waals surface area contributed by atoms with Gasteiger partial charge < -0.3 is 9.84 Å². The van der Waals surface area contributed by atoms with Crippen LogP contribution in [0.25, 0.3) is 0 Å². The summed E-state index contributed by atoms with van der Waals surface area (Å²) in [6.07, 6.45) is 5.36. The third-order valence-electron chi connectivity index (χ3n) is 3.38. The van der Waals surface area contributed by atoms with E-state index in [1.807, 2.05) is 0 Å². The van der Waals surface area contributed by atoms with Gasteiger partial charge in [-0.2, -0.15) is 0 Å². The molecule has 0 saturated heterocycles. The number of unbranched alkanes of at least 4 members (excludes halogenated alkanes) is 3. The van der Waals surface area contributed by atoms with E-state index in [2.05, 4.69) is 38.1 Å². The molecule has 2 nitrogen and oxygen atoms in total. The zero-order valence-electron chi connectivity index (χ0n) is 11.7. The lowest BCUT2D eigenvalue weighted by Crippen LogP contribution is -1.98. The molecule has 1 atom stereocenters. The van der Waals surface area contributed by atoms with E-state index in [0.717, 1.165) is 38.0 Å². The van der Waals surface area contributed by atoms with Crippen LogP contribution in [0.1, 0.15) is 57.4 Å². The van der Waals surface area contributed by atoms with Gasteiger partial charge in [0.1, 0.15) is 5.75 Å². The summed E-state index contributed by atoms with van der Waals surface area (Å²) in [5.74, 6) is 1.58. The van der Waals surface area contributed by atoms with Gasteiger partial charge in [-0.1, -0.05) is 32.4 Å². The highest BCUT2D eigenvalue weighted by atomic mass is 16.5.